The predicted molar refractivity (Wildman–Crippen MR) is 100.0 cm³/mol. The molecule has 2 aromatic carbocycles. The molecule has 29 heavy (non-hydrogen) atoms. The highest BCUT2D eigenvalue weighted by Gasteiger charge is 2.31. The van der Waals surface area contributed by atoms with Crippen molar-refractivity contribution >= 4 is 35.0 Å². The fourth-order valence-electron chi connectivity index (χ4n) is 2.33. The number of halogens is 5. The molecule has 0 radical (unpaired) electrons. The topological polar surface area (TPSA) is 72.8 Å². The standard InChI is InChI=1S/C19H15Cl2F3O5/c1-10(18(26)27)28-15-9-5-12(16(20)17(15)21)4-8-14(25)11-2-6-13(7-3-11)29-19(22,23)24/h2-3,5-7,9-10H,4,8H2,1H3,(H,26,27)/t10-/m1/s1. The van der Waals surface area contributed by atoms with Crippen molar-refractivity contribution < 1.29 is 37.3 Å². The highest BCUT2D eigenvalue weighted by atomic mass is 35.5. The van der Waals surface area contributed by atoms with E-state index in [1.165, 1.54) is 25.1 Å². The summed E-state index contributed by atoms with van der Waals surface area (Å²) < 4.78 is 45.5. The lowest BCUT2D eigenvalue weighted by Gasteiger charge is -2.14. The maximum Gasteiger partial charge on any atom is 0.573 e. The van der Waals surface area contributed by atoms with E-state index in [0.717, 1.165) is 12.1 Å². The first-order valence-corrected chi connectivity index (χ1v) is 8.99. The van der Waals surface area contributed by atoms with Crippen molar-refractivity contribution in [2.45, 2.75) is 32.2 Å². The smallest absolute Gasteiger partial charge is 0.479 e. The summed E-state index contributed by atoms with van der Waals surface area (Å²) >= 11 is 12.3. The summed E-state index contributed by atoms with van der Waals surface area (Å²) in [7, 11) is 0. The van der Waals surface area contributed by atoms with Crippen LogP contribution in [0.3, 0.4) is 0 Å². The molecule has 5 nitrogen and oxygen atoms in total. The van der Waals surface area contributed by atoms with Gasteiger partial charge in [-0.05, 0) is 49.2 Å². The SMILES string of the molecule is C[C@@H](Oc1ccc(CCC(=O)c2ccc(OC(F)(F)F)cc2)c(Cl)c1Cl)C(=O)O. The molecular formula is C19H15Cl2F3O5. The summed E-state index contributed by atoms with van der Waals surface area (Å²) in [6.45, 7) is 1.34. The highest BCUT2D eigenvalue weighted by Crippen LogP contribution is 2.36. The normalized spacial score (nSPS) is 12.3. The zero-order chi connectivity index (χ0) is 21.8. The van der Waals surface area contributed by atoms with Gasteiger partial charge in [-0.25, -0.2) is 4.79 Å². The molecule has 0 spiro atoms. The second kappa shape index (κ2) is 9.37. The predicted octanol–water partition coefficient (Wildman–Crippen LogP) is 5.56. The van der Waals surface area contributed by atoms with Crippen molar-refractivity contribution in [1.82, 2.24) is 0 Å². The van der Waals surface area contributed by atoms with Gasteiger partial charge in [-0.1, -0.05) is 29.3 Å². The zero-order valence-electron chi connectivity index (χ0n) is 14.9. The van der Waals surface area contributed by atoms with E-state index < -0.39 is 24.2 Å². The Kier molecular flexibility index (Phi) is 7.37. The number of Topliss-reactive ketones (excluding diaryl/α,β-unsaturated/α-hetero) is 1. The van der Waals surface area contributed by atoms with Gasteiger partial charge >= 0.3 is 12.3 Å². The molecule has 0 aliphatic carbocycles. The molecule has 0 aromatic heterocycles. The molecule has 1 atom stereocenters. The summed E-state index contributed by atoms with van der Waals surface area (Å²) in [4.78, 5) is 23.1. The highest BCUT2D eigenvalue weighted by molar-refractivity contribution is 6.43. The number of aryl methyl sites for hydroxylation is 1. The summed E-state index contributed by atoms with van der Waals surface area (Å²) in [6, 6.07) is 7.60. The van der Waals surface area contributed by atoms with Crippen molar-refractivity contribution in [3.05, 3.63) is 57.6 Å². The summed E-state index contributed by atoms with van der Waals surface area (Å²) in [5, 5.41) is 9.04. The third-order valence-electron chi connectivity index (χ3n) is 3.81. The van der Waals surface area contributed by atoms with Gasteiger partial charge in [-0.3, -0.25) is 4.79 Å². The van der Waals surface area contributed by atoms with Crippen LogP contribution in [0, 0.1) is 0 Å². The van der Waals surface area contributed by atoms with E-state index in [2.05, 4.69) is 4.74 Å². The number of carbonyl (C=O) groups excluding carboxylic acids is 1. The molecule has 0 amide bonds. The molecule has 1 N–H and O–H groups in total. The Labute approximate surface area is 173 Å². The summed E-state index contributed by atoms with van der Waals surface area (Å²) in [5.74, 6) is -1.80. The first-order valence-electron chi connectivity index (χ1n) is 8.23. The minimum Gasteiger partial charge on any atom is -0.479 e. The average molecular weight is 451 g/mol. The molecule has 0 aliphatic rings. The number of hydrogen-bond acceptors (Lipinski definition) is 4. The number of hydrogen-bond donors (Lipinski definition) is 1. The Morgan fingerprint density at radius 2 is 1.69 bits per heavy atom. The number of rotatable bonds is 8. The molecule has 0 saturated heterocycles. The number of alkyl halides is 3. The van der Waals surface area contributed by atoms with Crippen LogP contribution in [-0.2, 0) is 11.2 Å². The monoisotopic (exact) mass is 450 g/mol. The van der Waals surface area contributed by atoms with E-state index in [0.29, 0.717) is 5.56 Å². The van der Waals surface area contributed by atoms with Gasteiger partial charge in [0.2, 0.25) is 0 Å². The third-order valence-corrected chi connectivity index (χ3v) is 4.71. The van der Waals surface area contributed by atoms with Crippen molar-refractivity contribution in [3.63, 3.8) is 0 Å². The molecule has 2 rings (SSSR count). The van der Waals surface area contributed by atoms with Crippen LogP contribution in [0.5, 0.6) is 11.5 Å². The second-order valence-corrected chi connectivity index (χ2v) is 6.70. The summed E-state index contributed by atoms with van der Waals surface area (Å²) in [5.41, 5.74) is 0.759. The molecule has 0 aliphatic heterocycles. The Balaban J connectivity index is 2.03. The molecule has 0 unspecified atom stereocenters. The van der Waals surface area contributed by atoms with Crippen LogP contribution in [0.1, 0.15) is 29.3 Å². The largest absolute Gasteiger partial charge is 0.573 e. The molecular weight excluding hydrogens is 436 g/mol. The number of ketones is 1. The van der Waals surface area contributed by atoms with Gasteiger partial charge in [-0.2, -0.15) is 0 Å². The van der Waals surface area contributed by atoms with E-state index >= 15 is 0 Å². The van der Waals surface area contributed by atoms with Crippen molar-refractivity contribution in [2.24, 2.45) is 0 Å². The number of carboxylic acids is 1. The lowest BCUT2D eigenvalue weighted by atomic mass is 10.0. The zero-order valence-corrected chi connectivity index (χ0v) is 16.4. The van der Waals surface area contributed by atoms with Crippen LogP contribution in [0.25, 0.3) is 0 Å². The van der Waals surface area contributed by atoms with Gasteiger partial charge in [0.05, 0.1) is 5.02 Å². The van der Waals surface area contributed by atoms with Gasteiger partial charge in [-0.15, -0.1) is 13.2 Å². The van der Waals surface area contributed by atoms with Crippen LogP contribution in [-0.4, -0.2) is 29.3 Å². The van der Waals surface area contributed by atoms with E-state index in [9.17, 15) is 22.8 Å². The van der Waals surface area contributed by atoms with Crippen LogP contribution in [0.4, 0.5) is 13.2 Å². The van der Waals surface area contributed by atoms with E-state index in [1.54, 1.807) is 6.07 Å². The lowest BCUT2D eigenvalue weighted by molar-refractivity contribution is -0.274. The molecule has 0 fully saturated rings. The number of aliphatic carboxylic acids is 1. The van der Waals surface area contributed by atoms with Crippen LogP contribution in [0.15, 0.2) is 36.4 Å². The maximum atomic E-state index is 12.3. The quantitative estimate of drug-likeness (QED) is 0.533. The Hall–Kier alpha value is -2.45. The average Bonchev–Trinajstić information content (AvgIpc) is 2.63. The number of carboxylic acid groups (broad SMARTS) is 1. The number of carbonyl (C=O) groups is 2. The van der Waals surface area contributed by atoms with Crippen molar-refractivity contribution in [2.75, 3.05) is 0 Å². The van der Waals surface area contributed by atoms with E-state index in [-0.39, 0.29) is 40.0 Å². The first-order chi connectivity index (χ1) is 13.5. The molecule has 10 heteroatoms. The van der Waals surface area contributed by atoms with Crippen LogP contribution in [0.2, 0.25) is 10.0 Å². The minimum atomic E-state index is -4.81. The van der Waals surface area contributed by atoms with E-state index in [4.69, 9.17) is 33.0 Å². The van der Waals surface area contributed by atoms with Crippen LogP contribution < -0.4 is 9.47 Å². The van der Waals surface area contributed by atoms with Gasteiger partial charge in [0, 0.05) is 12.0 Å². The summed E-state index contributed by atoms with van der Waals surface area (Å²) in [6.07, 6.45) is -5.69. The fourth-order valence-corrected chi connectivity index (χ4v) is 2.81. The van der Waals surface area contributed by atoms with Gasteiger partial charge < -0.3 is 14.6 Å². The van der Waals surface area contributed by atoms with Gasteiger partial charge in [0.25, 0.3) is 0 Å². The van der Waals surface area contributed by atoms with Gasteiger partial charge in [0.15, 0.2) is 11.9 Å². The maximum absolute atomic E-state index is 12.3. The Bertz CT molecular complexity index is 898. The second-order valence-electron chi connectivity index (χ2n) is 5.94. The molecule has 0 heterocycles. The molecule has 156 valence electrons. The minimum absolute atomic E-state index is 0.0263. The fraction of sp³-hybridized carbons (Fsp3) is 0.263. The molecule has 2 aromatic rings. The molecule has 0 bridgehead atoms. The van der Waals surface area contributed by atoms with Crippen molar-refractivity contribution in [3.8, 4) is 11.5 Å². The molecule has 0 saturated carbocycles. The number of benzene rings is 2. The van der Waals surface area contributed by atoms with Crippen molar-refractivity contribution in [1.29, 1.82) is 0 Å². The van der Waals surface area contributed by atoms with Crippen LogP contribution >= 0.6 is 23.2 Å². The Morgan fingerprint density at radius 3 is 2.24 bits per heavy atom. The lowest BCUT2D eigenvalue weighted by Crippen LogP contribution is -2.23. The van der Waals surface area contributed by atoms with Gasteiger partial charge in [0.1, 0.15) is 16.5 Å². The van der Waals surface area contributed by atoms with E-state index in [1.807, 2.05) is 0 Å². The number of ether oxygens (including phenoxy) is 2. The Morgan fingerprint density at radius 1 is 1.07 bits per heavy atom. The third kappa shape index (κ3) is 6.54. The first kappa shape index (κ1) is 22.8.